The summed E-state index contributed by atoms with van der Waals surface area (Å²) in [6.07, 6.45) is -3.15. The third kappa shape index (κ3) is 10.7. The Kier molecular flexibility index (Phi) is 11.3. The van der Waals surface area contributed by atoms with Crippen LogP contribution < -0.4 is 31.3 Å². The van der Waals surface area contributed by atoms with Crippen molar-refractivity contribution in [3.8, 4) is 6.01 Å². The second-order valence-electron chi connectivity index (χ2n) is 13.5. The first-order valence-electron chi connectivity index (χ1n) is 16.9. The van der Waals surface area contributed by atoms with Gasteiger partial charge in [-0.25, -0.2) is 4.99 Å². The molecule has 0 radical (unpaired) electrons. The summed E-state index contributed by atoms with van der Waals surface area (Å²) in [5, 5.41) is 22.4. The lowest BCUT2D eigenvalue weighted by atomic mass is 9.93. The fraction of sp³-hybridized carbons (Fsp3) is 0.306. The van der Waals surface area contributed by atoms with E-state index in [4.69, 9.17) is 16.3 Å². The van der Waals surface area contributed by atoms with Crippen molar-refractivity contribution in [3.05, 3.63) is 94.5 Å². The molecule has 3 amide bonds. The number of carbonyl (C=O) groups is 3. The van der Waals surface area contributed by atoms with Crippen LogP contribution in [0.3, 0.4) is 0 Å². The van der Waals surface area contributed by atoms with Gasteiger partial charge in [-0.1, -0.05) is 37.6 Å². The second kappa shape index (κ2) is 16.1. The molecule has 286 valence electrons. The van der Waals surface area contributed by atoms with Crippen LogP contribution in [0, 0.1) is 5.41 Å². The number of aliphatic imine (C=N–C) groups is 1. The van der Waals surface area contributed by atoms with E-state index in [-0.39, 0.29) is 31.7 Å². The molecule has 1 aromatic heterocycles. The van der Waals surface area contributed by atoms with Crippen LogP contribution in [0.2, 0.25) is 5.02 Å². The minimum absolute atomic E-state index is 0.00642. The molecule has 2 aliphatic rings. The van der Waals surface area contributed by atoms with Crippen molar-refractivity contribution in [1.29, 1.82) is 0 Å². The average Bonchev–Trinajstić information content (AvgIpc) is 3.71. The van der Waals surface area contributed by atoms with Gasteiger partial charge in [-0.3, -0.25) is 14.4 Å². The maximum Gasteiger partial charge on any atom is 0.422 e. The Morgan fingerprint density at radius 2 is 1.47 bits per heavy atom. The van der Waals surface area contributed by atoms with Crippen LogP contribution in [0.25, 0.3) is 0 Å². The van der Waals surface area contributed by atoms with E-state index >= 15 is 0 Å². The van der Waals surface area contributed by atoms with Gasteiger partial charge in [0, 0.05) is 40.6 Å². The Morgan fingerprint density at radius 3 is 2.11 bits per heavy atom. The number of anilines is 4. The highest BCUT2D eigenvalue weighted by atomic mass is 35.5. The molecule has 5 N–H and O–H groups in total. The third-order valence-electron chi connectivity index (χ3n) is 8.39. The van der Waals surface area contributed by atoms with Crippen LogP contribution in [0.15, 0.2) is 88.0 Å². The lowest BCUT2D eigenvalue weighted by Gasteiger charge is -2.25. The molecule has 0 saturated heterocycles. The number of hydrogen-bond donors (Lipinski definition) is 5. The highest BCUT2D eigenvalue weighted by Gasteiger charge is 2.45. The van der Waals surface area contributed by atoms with Crippen molar-refractivity contribution in [3.63, 3.8) is 0 Å². The molecule has 6 rings (SSSR count). The van der Waals surface area contributed by atoms with Gasteiger partial charge in [0.1, 0.15) is 0 Å². The first kappa shape index (κ1) is 38.6. The zero-order valence-electron chi connectivity index (χ0n) is 29.5. The summed E-state index contributed by atoms with van der Waals surface area (Å²) >= 11 is 6.04. The number of aromatic nitrogens is 3. The number of amidine groups is 1. The van der Waals surface area contributed by atoms with Gasteiger partial charge in [-0.2, -0.15) is 33.2 Å². The summed E-state index contributed by atoms with van der Waals surface area (Å²) < 4.78 is 43.7. The first-order chi connectivity index (χ1) is 26.2. The Hall–Kier alpha value is -6.17. The molecule has 19 heteroatoms. The van der Waals surface area contributed by atoms with Crippen molar-refractivity contribution in [2.45, 2.75) is 38.4 Å². The quantitative estimate of drug-likeness (QED) is 0.0956. The van der Waals surface area contributed by atoms with Crippen LogP contribution in [0.4, 0.5) is 36.4 Å². The minimum atomic E-state index is -4.61. The zero-order chi connectivity index (χ0) is 39.2. The van der Waals surface area contributed by atoms with E-state index in [0.29, 0.717) is 27.8 Å². The van der Waals surface area contributed by atoms with Crippen LogP contribution >= 0.6 is 11.6 Å². The molecule has 55 heavy (non-hydrogen) atoms. The molecule has 0 bridgehead atoms. The van der Waals surface area contributed by atoms with Gasteiger partial charge in [0.2, 0.25) is 11.9 Å². The SMILES string of the molecule is CC(C)(CNC(=O)C(=O)Nc1ccc(C2=NCN=N2)cc1)CNC(=O)c1ccc(Nc2nc(NC3(c4ccc(Cl)cc4)CC3)nc(OCC(F)(F)F)n2)cc1. The lowest BCUT2D eigenvalue weighted by Crippen LogP contribution is -2.44. The number of halogens is 4. The molecule has 1 saturated carbocycles. The average molecular weight is 778 g/mol. The Morgan fingerprint density at radius 1 is 0.818 bits per heavy atom. The van der Waals surface area contributed by atoms with Crippen LogP contribution in [0.1, 0.15) is 48.2 Å². The van der Waals surface area contributed by atoms with Gasteiger partial charge in [-0.05, 0) is 84.5 Å². The Labute approximate surface area is 317 Å². The number of nitrogens with one attached hydrogen (secondary N) is 5. The third-order valence-corrected chi connectivity index (χ3v) is 8.64. The highest BCUT2D eigenvalue weighted by molar-refractivity contribution is 6.39. The smallest absolute Gasteiger partial charge is 0.422 e. The zero-order valence-corrected chi connectivity index (χ0v) is 30.3. The minimum Gasteiger partial charge on any atom is -0.454 e. The predicted octanol–water partition coefficient (Wildman–Crippen LogP) is 5.99. The summed E-state index contributed by atoms with van der Waals surface area (Å²) in [4.78, 5) is 54.5. The van der Waals surface area contributed by atoms with Gasteiger partial charge in [0.25, 0.3) is 5.91 Å². The number of rotatable bonds is 14. The molecular formula is C36H35ClF3N11O4. The number of alkyl halides is 3. The van der Waals surface area contributed by atoms with Gasteiger partial charge in [-0.15, -0.1) is 5.11 Å². The second-order valence-corrected chi connectivity index (χ2v) is 13.9. The molecule has 15 nitrogen and oxygen atoms in total. The summed E-state index contributed by atoms with van der Waals surface area (Å²) in [7, 11) is 0. The van der Waals surface area contributed by atoms with Gasteiger partial charge in [0.05, 0.1) is 5.54 Å². The molecule has 0 unspecified atom stereocenters. The van der Waals surface area contributed by atoms with Crippen LogP contribution in [0.5, 0.6) is 6.01 Å². The molecular weight excluding hydrogens is 743 g/mol. The fourth-order valence-corrected chi connectivity index (χ4v) is 5.39. The number of carbonyl (C=O) groups excluding carboxylic acids is 3. The van der Waals surface area contributed by atoms with E-state index in [0.717, 1.165) is 24.0 Å². The molecule has 4 aromatic rings. The summed E-state index contributed by atoms with van der Waals surface area (Å²) in [6.45, 7) is 2.55. The van der Waals surface area contributed by atoms with Crippen molar-refractivity contribution in [2.24, 2.45) is 20.6 Å². The Balaban J connectivity index is 1.01. The Bertz CT molecular complexity index is 2110. The van der Waals surface area contributed by atoms with Gasteiger partial charge >= 0.3 is 24.0 Å². The van der Waals surface area contributed by atoms with E-state index in [1.54, 1.807) is 48.5 Å². The number of nitrogens with zero attached hydrogens (tertiary/aromatic N) is 6. The van der Waals surface area contributed by atoms with E-state index < -0.39 is 47.5 Å². The van der Waals surface area contributed by atoms with Crippen molar-refractivity contribution >= 4 is 58.4 Å². The van der Waals surface area contributed by atoms with Gasteiger partial charge < -0.3 is 31.3 Å². The van der Waals surface area contributed by atoms with E-state index in [1.807, 2.05) is 26.0 Å². The number of ether oxygens (including phenoxy) is 1. The maximum atomic E-state index is 13.0. The van der Waals surface area contributed by atoms with Gasteiger partial charge in [0.15, 0.2) is 19.1 Å². The first-order valence-corrected chi connectivity index (χ1v) is 17.3. The fourth-order valence-electron chi connectivity index (χ4n) is 5.26. The van der Waals surface area contributed by atoms with E-state index in [2.05, 4.69) is 56.8 Å². The van der Waals surface area contributed by atoms with E-state index in [9.17, 15) is 27.6 Å². The molecule has 0 spiro atoms. The maximum absolute atomic E-state index is 13.0. The molecule has 1 aliphatic heterocycles. The largest absolute Gasteiger partial charge is 0.454 e. The number of hydrogen-bond acceptors (Lipinski definition) is 12. The summed E-state index contributed by atoms with van der Waals surface area (Å²) in [5.41, 5.74) is 1.65. The summed E-state index contributed by atoms with van der Waals surface area (Å²) in [6, 6.07) is 19.6. The molecule has 0 atom stereocenters. The standard InChI is InChI=1S/C36H35ClF3N11O4/c1-34(2,18-42-29(53)30(54)45-25-11-3-21(4-12-25)27-43-20-44-51-27)17-41-28(52)22-5-13-26(14-6-22)46-31-47-32(49-33(48-31)55-19-36(38,39)40)50-35(15-16-35)23-7-9-24(37)10-8-23/h3-14H,15-20H2,1-2H3,(H,41,52)(H,42,53)(H,45,54)(H2,46,47,48,49,50). The molecule has 1 aliphatic carbocycles. The molecule has 3 aromatic carbocycles. The number of azo groups is 1. The highest BCUT2D eigenvalue weighted by Crippen LogP contribution is 2.48. The molecule has 1 fully saturated rings. The molecule has 2 heterocycles. The normalized spacial score (nSPS) is 14.4. The van der Waals surface area contributed by atoms with E-state index in [1.165, 1.54) is 12.1 Å². The topological polar surface area (TPSA) is 196 Å². The van der Waals surface area contributed by atoms with Crippen molar-refractivity contribution < 1.29 is 32.3 Å². The summed E-state index contributed by atoms with van der Waals surface area (Å²) in [5.74, 6) is -1.67. The number of amides is 3. The van der Waals surface area contributed by atoms with Crippen molar-refractivity contribution in [2.75, 3.05) is 42.3 Å². The van der Waals surface area contributed by atoms with Crippen LogP contribution in [-0.2, 0) is 15.1 Å². The monoisotopic (exact) mass is 777 g/mol. The van der Waals surface area contributed by atoms with Crippen molar-refractivity contribution in [1.82, 2.24) is 25.6 Å². The predicted molar refractivity (Wildman–Crippen MR) is 198 cm³/mol. The van der Waals surface area contributed by atoms with Crippen LogP contribution in [-0.4, -0.2) is 71.1 Å². The lowest BCUT2D eigenvalue weighted by molar-refractivity contribution is -0.154. The number of benzene rings is 3.